The second-order valence-electron chi connectivity index (χ2n) is 8.79. The smallest absolute Gasteiger partial charge is 0.143 e. The Labute approximate surface area is 198 Å². The summed E-state index contributed by atoms with van der Waals surface area (Å²) in [5, 5.41) is 20.2. The van der Waals surface area contributed by atoms with E-state index in [0.717, 1.165) is 33.3 Å². The molecule has 3 N–H and O–H groups in total. The van der Waals surface area contributed by atoms with Gasteiger partial charge in [-0.3, -0.25) is 4.98 Å². The van der Waals surface area contributed by atoms with Crippen molar-refractivity contribution in [3.05, 3.63) is 82.5 Å². The molecule has 0 amide bonds. The van der Waals surface area contributed by atoms with E-state index in [2.05, 4.69) is 36.4 Å². The number of aromatic hydroxyl groups is 1. The lowest BCUT2D eigenvalue weighted by Gasteiger charge is -2.22. The highest BCUT2D eigenvalue weighted by atomic mass is 35.5. The fourth-order valence-corrected chi connectivity index (χ4v) is 3.76. The number of rotatable bonds is 5. The summed E-state index contributed by atoms with van der Waals surface area (Å²) in [5.41, 5.74) is 4.95. The number of pyridine rings is 1. The van der Waals surface area contributed by atoms with Crippen molar-refractivity contribution in [1.82, 2.24) is 10.3 Å². The van der Waals surface area contributed by atoms with Crippen LogP contribution < -0.4 is 10.6 Å². The van der Waals surface area contributed by atoms with Crippen LogP contribution in [-0.2, 0) is 6.54 Å². The van der Waals surface area contributed by atoms with E-state index in [1.54, 1.807) is 6.20 Å². The largest absolute Gasteiger partial charge is 0.505 e. The number of halogens is 2. The van der Waals surface area contributed by atoms with Crippen molar-refractivity contribution in [3.8, 4) is 16.9 Å². The Kier molecular flexibility index (Phi) is 6.29. The number of fused-ring (bicyclic) bond motifs is 1. The zero-order valence-corrected chi connectivity index (χ0v) is 19.7. The molecule has 0 atom stereocenters. The highest BCUT2D eigenvalue weighted by Gasteiger charge is 2.16. The van der Waals surface area contributed by atoms with Gasteiger partial charge in [0.25, 0.3) is 0 Å². The molecule has 0 saturated carbocycles. The van der Waals surface area contributed by atoms with Crippen LogP contribution in [-0.4, -0.2) is 15.6 Å². The van der Waals surface area contributed by atoms with Crippen LogP contribution in [0, 0.1) is 0 Å². The molecule has 0 aliphatic carbocycles. The first-order valence-corrected chi connectivity index (χ1v) is 11.1. The molecule has 32 heavy (non-hydrogen) atoms. The van der Waals surface area contributed by atoms with Gasteiger partial charge in [0.15, 0.2) is 0 Å². The number of nitrogens with zero attached hydrogens (tertiary/aromatic N) is 1. The number of hydrogen-bond donors (Lipinski definition) is 3. The third kappa shape index (κ3) is 5.16. The summed E-state index contributed by atoms with van der Waals surface area (Å²) in [6.07, 6.45) is 1.73. The monoisotopic (exact) mass is 465 g/mol. The fourth-order valence-electron chi connectivity index (χ4n) is 3.47. The van der Waals surface area contributed by atoms with Crippen molar-refractivity contribution < 1.29 is 5.11 Å². The Morgan fingerprint density at radius 1 is 0.844 bits per heavy atom. The molecule has 4 aromatic rings. The van der Waals surface area contributed by atoms with Crippen LogP contribution in [0.25, 0.3) is 22.0 Å². The van der Waals surface area contributed by atoms with Gasteiger partial charge >= 0.3 is 0 Å². The average molecular weight is 466 g/mol. The number of benzene rings is 3. The second-order valence-corrected chi connectivity index (χ2v) is 9.66. The maximum absolute atomic E-state index is 11.1. The Morgan fingerprint density at radius 3 is 2.28 bits per heavy atom. The van der Waals surface area contributed by atoms with Gasteiger partial charge in [-0.05, 0) is 80.4 Å². The molecular weight excluding hydrogens is 441 g/mol. The van der Waals surface area contributed by atoms with E-state index in [1.807, 2.05) is 60.7 Å². The van der Waals surface area contributed by atoms with Crippen molar-refractivity contribution in [3.63, 3.8) is 0 Å². The fraction of sp³-hybridized carbons (Fsp3) is 0.192. The van der Waals surface area contributed by atoms with Crippen molar-refractivity contribution >= 4 is 45.5 Å². The Balaban J connectivity index is 1.80. The Morgan fingerprint density at radius 2 is 1.56 bits per heavy atom. The molecule has 4 rings (SSSR count). The standard InChI is InChI=1S/C26H25Cl2N3O/c1-26(2,3)30-15-18-12-17(16-4-6-19(27)7-5-16)13-24(25(18)32)31-22-10-11-29-23-14-20(28)8-9-21(22)23/h4-14,30,32H,15H2,1-3H3,(H,29,31). The average Bonchev–Trinajstić information content (AvgIpc) is 2.74. The van der Waals surface area contributed by atoms with Crippen LogP contribution in [0.5, 0.6) is 5.75 Å². The number of hydrogen-bond acceptors (Lipinski definition) is 4. The van der Waals surface area contributed by atoms with Crippen molar-refractivity contribution in [2.45, 2.75) is 32.9 Å². The summed E-state index contributed by atoms with van der Waals surface area (Å²) in [6, 6.07) is 19.1. The first-order chi connectivity index (χ1) is 15.2. The van der Waals surface area contributed by atoms with Crippen LogP contribution in [0.3, 0.4) is 0 Å². The predicted molar refractivity (Wildman–Crippen MR) is 135 cm³/mol. The molecule has 0 unspecified atom stereocenters. The number of anilines is 2. The zero-order valence-electron chi connectivity index (χ0n) is 18.2. The van der Waals surface area contributed by atoms with Crippen molar-refractivity contribution in [1.29, 1.82) is 0 Å². The van der Waals surface area contributed by atoms with E-state index in [-0.39, 0.29) is 11.3 Å². The SMILES string of the molecule is CC(C)(C)NCc1cc(-c2ccc(Cl)cc2)cc(Nc2ccnc3cc(Cl)ccc23)c1O. The highest BCUT2D eigenvalue weighted by Crippen LogP contribution is 2.37. The minimum atomic E-state index is -0.0864. The van der Waals surface area contributed by atoms with Crippen LogP contribution in [0.15, 0.2) is 66.9 Å². The molecule has 3 aromatic carbocycles. The number of aromatic nitrogens is 1. The van der Waals surface area contributed by atoms with E-state index in [1.165, 1.54) is 0 Å². The Hall–Kier alpha value is -2.79. The second kappa shape index (κ2) is 8.99. The molecule has 1 heterocycles. The van der Waals surface area contributed by atoms with E-state index in [4.69, 9.17) is 23.2 Å². The van der Waals surface area contributed by atoms with Crippen molar-refractivity contribution in [2.75, 3.05) is 5.32 Å². The van der Waals surface area contributed by atoms with E-state index in [0.29, 0.717) is 22.3 Å². The van der Waals surface area contributed by atoms with Crippen LogP contribution in [0.1, 0.15) is 26.3 Å². The summed E-state index contributed by atoms with van der Waals surface area (Å²) >= 11 is 12.2. The maximum Gasteiger partial charge on any atom is 0.143 e. The minimum absolute atomic E-state index is 0.0864. The van der Waals surface area contributed by atoms with E-state index in [9.17, 15) is 5.11 Å². The number of nitrogens with one attached hydrogen (secondary N) is 2. The molecule has 1 aromatic heterocycles. The number of phenols is 1. The summed E-state index contributed by atoms with van der Waals surface area (Å²) in [4.78, 5) is 4.40. The van der Waals surface area contributed by atoms with Gasteiger partial charge in [-0.15, -0.1) is 0 Å². The maximum atomic E-state index is 11.1. The van der Waals surface area contributed by atoms with Gasteiger partial charge in [-0.2, -0.15) is 0 Å². The number of phenolic OH excluding ortho intramolecular Hbond substituents is 1. The van der Waals surface area contributed by atoms with Crippen molar-refractivity contribution in [2.24, 2.45) is 0 Å². The topological polar surface area (TPSA) is 57.2 Å². The molecule has 0 saturated heterocycles. The summed E-state index contributed by atoms with van der Waals surface area (Å²) < 4.78 is 0. The Bertz CT molecular complexity index is 1260. The normalized spacial score (nSPS) is 11.7. The van der Waals surface area contributed by atoms with E-state index >= 15 is 0 Å². The molecule has 0 radical (unpaired) electrons. The predicted octanol–water partition coefficient (Wildman–Crippen LogP) is 7.55. The zero-order chi connectivity index (χ0) is 22.9. The van der Waals surface area contributed by atoms with Crippen LogP contribution in [0.4, 0.5) is 11.4 Å². The molecule has 0 bridgehead atoms. The summed E-state index contributed by atoms with van der Waals surface area (Å²) in [6.45, 7) is 6.82. The van der Waals surface area contributed by atoms with E-state index < -0.39 is 0 Å². The molecule has 0 spiro atoms. The molecule has 0 fully saturated rings. The molecule has 0 aliphatic rings. The molecule has 6 heteroatoms. The van der Waals surface area contributed by atoms with Gasteiger partial charge in [0.1, 0.15) is 5.75 Å². The van der Waals surface area contributed by atoms with Crippen LogP contribution in [0.2, 0.25) is 10.0 Å². The van der Waals surface area contributed by atoms with Gasteiger partial charge in [0.05, 0.1) is 11.2 Å². The molecular formula is C26H25Cl2N3O. The summed E-state index contributed by atoms with van der Waals surface area (Å²) in [5.74, 6) is 0.207. The minimum Gasteiger partial charge on any atom is -0.505 e. The lowest BCUT2D eigenvalue weighted by Crippen LogP contribution is -2.35. The lowest BCUT2D eigenvalue weighted by molar-refractivity contribution is 0.412. The first-order valence-electron chi connectivity index (χ1n) is 10.4. The quantitative estimate of drug-likeness (QED) is 0.266. The third-order valence-electron chi connectivity index (χ3n) is 5.15. The third-order valence-corrected chi connectivity index (χ3v) is 5.64. The first kappa shape index (κ1) is 22.4. The van der Waals surface area contributed by atoms with Gasteiger partial charge < -0.3 is 15.7 Å². The highest BCUT2D eigenvalue weighted by molar-refractivity contribution is 6.31. The van der Waals surface area contributed by atoms with Gasteiger partial charge in [-0.1, -0.05) is 35.3 Å². The van der Waals surface area contributed by atoms with Gasteiger partial charge in [0.2, 0.25) is 0 Å². The van der Waals surface area contributed by atoms with Gasteiger partial charge in [-0.25, -0.2) is 0 Å². The molecule has 4 nitrogen and oxygen atoms in total. The lowest BCUT2D eigenvalue weighted by atomic mass is 10.00. The molecule has 164 valence electrons. The molecule has 0 aliphatic heterocycles. The van der Waals surface area contributed by atoms with Crippen LogP contribution >= 0.6 is 23.2 Å². The van der Waals surface area contributed by atoms with Gasteiger partial charge in [0, 0.05) is 45.0 Å². The summed E-state index contributed by atoms with van der Waals surface area (Å²) in [7, 11) is 0.